The average molecular weight is 354 g/mol. The van der Waals surface area contributed by atoms with Crippen LogP contribution in [0.2, 0.25) is 0 Å². The van der Waals surface area contributed by atoms with E-state index < -0.39 is 48.6 Å². The molecule has 6 unspecified atom stereocenters. The van der Waals surface area contributed by atoms with Crippen LogP contribution in [0.4, 0.5) is 0 Å². The summed E-state index contributed by atoms with van der Waals surface area (Å²) in [7, 11) is 0. The Bertz CT molecular complexity index is 522. The zero-order chi connectivity index (χ0) is 19.0. The second-order valence-corrected chi connectivity index (χ2v) is 5.98. The summed E-state index contributed by atoms with van der Waals surface area (Å²) in [4.78, 5) is 22.7. The molecule has 1 heterocycles. The third kappa shape index (κ3) is 6.86. The summed E-state index contributed by atoms with van der Waals surface area (Å²) >= 11 is 0. The largest absolute Gasteiger partial charge is 0.460 e. The Morgan fingerprint density at radius 1 is 1.28 bits per heavy atom. The van der Waals surface area contributed by atoms with Crippen LogP contribution in [0.3, 0.4) is 0 Å². The van der Waals surface area contributed by atoms with Gasteiger partial charge < -0.3 is 24.4 Å². The molecule has 0 spiro atoms. The summed E-state index contributed by atoms with van der Waals surface area (Å²) < 4.78 is 16.5. The Morgan fingerprint density at radius 3 is 2.44 bits per heavy atom. The number of hydrogen-bond donors (Lipinski definition) is 2. The van der Waals surface area contributed by atoms with Crippen LogP contribution in [0.5, 0.6) is 0 Å². The average Bonchev–Trinajstić information content (AvgIpc) is 2.52. The number of ether oxygens (including phenoxy) is 3. The lowest BCUT2D eigenvalue weighted by Crippen LogP contribution is -2.48. The van der Waals surface area contributed by atoms with Gasteiger partial charge in [-0.25, -0.2) is 0 Å². The van der Waals surface area contributed by atoms with Crippen LogP contribution < -0.4 is 0 Å². The lowest BCUT2D eigenvalue weighted by Gasteiger charge is -2.37. The van der Waals surface area contributed by atoms with Crippen LogP contribution in [-0.2, 0) is 23.8 Å². The van der Waals surface area contributed by atoms with Gasteiger partial charge in [-0.15, -0.1) is 6.42 Å². The number of carbonyl (C=O) groups excluding carboxylic acids is 2. The molecule has 1 aliphatic heterocycles. The van der Waals surface area contributed by atoms with Crippen molar-refractivity contribution in [2.24, 2.45) is 0 Å². The van der Waals surface area contributed by atoms with Crippen LogP contribution in [-0.4, -0.2) is 58.8 Å². The molecule has 0 aromatic heterocycles. The second-order valence-electron chi connectivity index (χ2n) is 5.98. The standard InChI is InChI=1S/C18H26O7/c1-5-7-8-16-18(24-12(4)20)10-14(22)13(21)9-17(25-16)15(6-2)23-11(3)19/h1,7-8,13-18,21-22H,6,9-10H2,2-4H3/b8-7+. The molecule has 0 radical (unpaired) electrons. The predicted molar refractivity (Wildman–Crippen MR) is 89.3 cm³/mol. The van der Waals surface area contributed by atoms with E-state index in [-0.39, 0.29) is 12.8 Å². The first-order valence-electron chi connectivity index (χ1n) is 8.27. The van der Waals surface area contributed by atoms with E-state index in [0.29, 0.717) is 6.42 Å². The van der Waals surface area contributed by atoms with Crippen molar-refractivity contribution in [1.82, 2.24) is 0 Å². The minimum atomic E-state index is -1.12. The van der Waals surface area contributed by atoms with Gasteiger partial charge in [0.25, 0.3) is 0 Å². The van der Waals surface area contributed by atoms with E-state index in [1.807, 2.05) is 6.92 Å². The molecule has 0 aliphatic carbocycles. The SMILES string of the molecule is C#C/C=C/C1OC(C(CC)OC(C)=O)CC(O)C(O)CC1OC(C)=O. The number of carbonyl (C=O) groups is 2. The molecule has 6 atom stereocenters. The van der Waals surface area contributed by atoms with Crippen molar-refractivity contribution in [3.63, 3.8) is 0 Å². The van der Waals surface area contributed by atoms with Crippen LogP contribution in [0.15, 0.2) is 12.2 Å². The number of esters is 2. The predicted octanol–water partition coefficient (Wildman–Crippen LogP) is 0.719. The first kappa shape index (κ1) is 21.2. The van der Waals surface area contributed by atoms with Crippen molar-refractivity contribution >= 4 is 11.9 Å². The van der Waals surface area contributed by atoms with E-state index >= 15 is 0 Å². The van der Waals surface area contributed by atoms with Gasteiger partial charge in [0, 0.05) is 26.7 Å². The summed E-state index contributed by atoms with van der Waals surface area (Å²) in [5.74, 6) is 1.32. The molecule has 1 rings (SSSR count). The smallest absolute Gasteiger partial charge is 0.303 e. The molecular weight excluding hydrogens is 328 g/mol. The summed E-state index contributed by atoms with van der Waals surface area (Å²) in [5.41, 5.74) is 0. The Kier molecular flexibility index (Phi) is 8.62. The fraction of sp³-hybridized carbons (Fsp3) is 0.667. The van der Waals surface area contributed by atoms with Crippen LogP contribution in [0, 0.1) is 12.3 Å². The van der Waals surface area contributed by atoms with Gasteiger partial charge in [-0.05, 0) is 18.6 Å². The molecule has 0 bridgehead atoms. The van der Waals surface area contributed by atoms with E-state index in [9.17, 15) is 19.8 Å². The second kappa shape index (κ2) is 10.2. The molecule has 140 valence electrons. The number of aliphatic hydroxyl groups excluding tert-OH is 2. The number of allylic oxidation sites excluding steroid dienone is 1. The molecule has 2 N–H and O–H groups in total. The van der Waals surface area contributed by atoms with Crippen molar-refractivity contribution in [2.75, 3.05) is 0 Å². The minimum Gasteiger partial charge on any atom is -0.460 e. The van der Waals surface area contributed by atoms with Crippen LogP contribution in [0.25, 0.3) is 0 Å². The maximum atomic E-state index is 11.4. The van der Waals surface area contributed by atoms with Gasteiger partial charge in [0.1, 0.15) is 18.3 Å². The molecule has 1 aliphatic rings. The molecule has 25 heavy (non-hydrogen) atoms. The van der Waals surface area contributed by atoms with Gasteiger partial charge in [-0.3, -0.25) is 9.59 Å². The number of rotatable bonds is 5. The molecule has 0 aromatic rings. The molecule has 7 heteroatoms. The number of aliphatic hydroxyl groups is 2. The number of terminal acetylenes is 1. The minimum absolute atomic E-state index is 0.00258. The third-order valence-electron chi connectivity index (χ3n) is 3.92. The van der Waals surface area contributed by atoms with Gasteiger partial charge in [-0.1, -0.05) is 12.8 Å². The van der Waals surface area contributed by atoms with Crippen molar-refractivity contribution in [3.05, 3.63) is 12.2 Å². The highest BCUT2D eigenvalue weighted by Crippen LogP contribution is 2.26. The monoisotopic (exact) mass is 354 g/mol. The fourth-order valence-corrected chi connectivity index (χ4v) is 2.79. The maximum Gasteiger partial charge on any atom is 0.303 e. The van der Waals surface area contributed by atoms with Crippen molar-refractivity contribution < 1.29 is 34.0 Å². The quantitative estimate of drug-likeness (QED) is 0.554. The third-order valence-corrected chi connectivity index (χ3v) is 3.92. The van der Waals surface area contributed by atoms with Gasteiger partial charge in [0.15, 0.2) is 0 Å². The van der Waals surface area contributed by atoms with Crippen molar-refractivity contribution in [2.45, 2.75) is 76.7 Å². The van der Waals surface area contributed by atoms with Gasteiger partial charge >= 0.3 is 11.9 Å². The molecule has 0 aromatic carbocycles. The molecule has 0 saturated carbocycles. The Labute approximate surface area is 147 Å². The topological polar surface area (TPSA) is 102 Å². The van der Waals surface area contributed by atoms with Crippen LogP contribution in [0.1, 0.15) is 40.0 Å². The van der Waals surface area contributed by atoms with E-state index in [0.717, 1.165) is 0 Å². The van der Waals surface area contributed by atoms with Gasteiger partial charge in [0.2, 0.25) is 0 Å². The Balaban J connectivity index is 3.13. The van der Waals surface area contributed by atoms with Gasteiger partial charge in [-0.2, -0.15) is 0 Å². The summed E-state index contributed by atoms with van der Waals surface area (Å²) in [6.07, 6.45) is 3.62. The molecule has 0 amide bonds. The molecule has 1 saturated heterocycles. The lowest BCUT2D eigenvalue weighted by atomic mass is 9.93. The molecule has 7 nitrogen and oxygen atoms in total. The van der Waals surface area contributed by atoms with Crippen molar-refractivity contribution in [3.8, 4) is 12.3 Å². The summed E-state index contributed by atoms with van der Waals surface area (Å²) in [6, 6.07) is 0. The Hall–Kier alpha value is -1.88. The highest BCUT2D eigenvalue weighted by Gasteiger charge is 2.38. The van der Waals surface area contributed by atoms with Crippen molar-refractivity contribution in [1.29, 1.82) is 0 Å². The van der Waals surface area contributed by atoms with E-state index in [1.54, 1.807) is 6.08 Å². The van der Waals surface area contributed by atoms with E-state index in [1.165, 1.54) is 19.9 Å². The highest BCUT2D eigenvalue weighted by molar-refractivity contribution is 5.66. The Morgan fingerprint density at radius 2 is 1.92 bits per heavy atom. The van der Waals surface area contributed by atoms with E-state index in [4.69, 9.17) is 20.6 Å². The zero-order valence-corrected chi connectivity index (χ0v) is 14.8. The fourth-order valence-electron chi connectivity index (χ4n) is 2.79. The molecular formula is C18H26O7. The van der Waals surface area contributed by atoms with Crippen LogP contribution >= 0.6 is 0 Å². The highest BCUT2D eigenvalue weighted by atomic mass is 16.6. The zero-order valence-electron chi connectivity index (χ0n) is 14.8. The number of hydrogen-bond acceptors (Lipinski definition) is 7. The normalized spacial score (nSPS) is 31.4. The summed E-state index contributed by atoms with van der Waals surface area (Å²) in [6.45, 7) is 4.34. The first-order chi connectivity index (χ1) is 11.8. The van der Waals surface area contributed by atoms with Gasteiger partial charge in [0.05, 0.1) is 18.3 Å². The summed E-state index contributed by atoms with van der Waals surface area (Å²) in [5, 5.41) is 20.4. The maximum absolute atomic E-state index is 11.4. The lowest BCUT2D eigenvalue weighted by molar-refractivity contribution is -0.184. The van der Waals surface area contributed by atoms with E-state index in [2.05, 4.69) is 5.92 Å². The molecule has 1 fully saturated rings. The first-order valence-corrected chi connectivity index (χ1v) is 8.27.